The van der Waals surface area contributed by atoms with Gasteiger partial charge in [-0.1, -0.05) is 0 Å². The Morgan fingerprint density at radius 1 is 1.67 bits per heavy atom. The Hall–Kier alpha value is -0.220. The van der Waals surface area contributed by atoms with Gasteiger partial charge in [-0.15, -0.1) is 0 Å². The molecule has 0 spiro atoms. The van der Waals surface area contributed by atoms with Gasteiger partial charge in [0.1, 0.15) is 0 Å². The maximum absolute atomic E-state index is 11.7. The molecule has 1 unspecified atom stereocenters. The van der Waals surface area contributed by atoms with Crippen LogP contribution in [0.4, 0.5) is 8.78 Å². The van der Waals surface area contributed by atoms with Gasteiger partial charge in [0.15, 0.2) is 0 Å². The molecule has 0 saturated carbocycles. The zero-order valence-electron chi connectivity index (χ0n) is 5.40. The van der Waals surface area contributed by atoms with Gasteiger partial charge in [-0.05, 0) is 6.92 Å². The normalized spacial score (nSPS) is 15.7. The molecule has 4 heteroatoms. The van der Waals surface area contributed by atoms with Gasteiger partial charge < -0.3 is 9.84 Å². The third-order valence-corrected chi connectivity index (χ3v) is 0.578. The summed E-state index contributed by atoms with van der Waals surface area (Å²) in [4.78, 5) is 0. The van der Waals surface area contributed by atoms with Crippen LogP contribution in [0.5, 0.6) is 0 Å². The SMILES string of the molecule is CC(O)COC(C)(F)F. The summed E-state index contributed by atoms with van der Waals surface area (Å²) < 4.78 is 27.4. The fourth-order valence-corrected chi connectivity index (χ4v) is 0.267. The first kappa shape index (κ1) is 8.78. The van der Waals surface area contributed by atoms with Crippen molar-refractivity contribution in [3.8, 4) is 0 Å². The Morgan fingerprint density at radius 3 is 2.22 bits per heavy atom. The number of aliphatic hydroxyl groups excluding tert-OH is 1. The highest BCUT2D eigenvalue weighted by Gasteiger charge is 2.21. The van der Waals surface area contributed by atoms with Gasteiger partial charge in [0.2, 0.25) is 0 Å². The Kier molecular flexibility index (Phi) is 3.00. The summed E-state index contributed by atoms with van der Waals surface area (Å²) in [6.07, 6.45) is -3.97. The molecule has 0 aliphatic carbocycles. The lowest BCUT2D eigenvalue weighted by Gasteiger charge is -2.11. The van der Waals surface area contributed by atoms with E-state index in [2.05, 4.69) is 4.74 Å². The minimum absolute atomic E-state index is 0.330. The summed E-state index contributed by atoms with van der Waals surface area (Å²) >= 11 is 0. The first-order valence-electron chi connectivity index (χ1n) is 2.61. The Bertz CT molecular complexity index is 77.5. The maximum Gasteiger partial charge on any atom is 0.353 e. The maximum atomic E-state index is 11.7. The van der Waals surface area contributed by atoms with Gasteiger partial charge in [0.05, 0.1) is 12.7 Å². The third kappa shape index (κ3) is 7.78. The Balaban J connectivity index is 3.28. The molecule has 0 aromatic heterocycles. The number of rotatable bonds is 3. The number of halogens is 2. The molecule has 0 radical (unpaired) electrons. The molecule has 0 aliphatic rings. The molecule has 0 saturated heterocycles. The van der Waals surface area contributed by atoms with E-state index in [0.29, 0.717) is 6.92 Å². The molecule has 2 nitrogen and oxygen atoms in total. The number of aliphatic hydroxyl groups is 1. The summed E-state index contributed by atoms with van der Waals surface area (Å²) in [6.45, 7) is 1.69. The number of ether oxygens (including phenoxy) is 1. The van der Waals surface area contributed by atoms with Crippen molar-refractivity contribution >= 4 is 0 Å². The van der Waals surface area contributed by atoms with E-state index < -0.39 is 12.2 Å². The summed E-state index contributed by atoms with van der Waals surface area (Å²) in [7, 11) is 0. The van der Waals surface area contributed by atoms with Crippen LogP contribution in [0, 0.1) is 0 Å². The van der Waals surface area contributed by atoms with Gasteiger partial charge in [-0.25, -0.2) is 0 Å². The van der Waals surface area contributed by atoms with E-state index in [4.69, 9.17) is 5.11 Å². The molecule has 0 aromatic rings. The fourth-order valence-electron chi connectivity index (χ4n) is 0.267. The van der Waals surface area contributed by atoms with Crippen molar-refractivity contribution in [1.82, 2.24) is 0 Å². The summed E-state index contributed by atoms with van der Waals surface area (Å²) in [5.41, 5.74) is 0. The standard InChI is InChI=1S/C5H10F2O2/c1-4(8)3-9-5(2,6)7/h4,8H,3H2,1-2H3. The van der Waals surface area contributed by atoms with E-state index in [0.717, 1.165) is 0 Å². The monoisotopic (exact) mass is 140 g/mol. The van der Waals surface area contributed by atoms with Crippen molar-refractivity contribution in [2.75, 3.05) is 6.61 Å². The zero-order chi connectivity index (χ0) is 7.49. The van der Waals surface area contributed by atoms with Gasteiger partial charge in [-0.2, -0.15) is 8.78 Å². The summed E-state index contributed by atoms with van der Waals surface area (Å²) in [6, 6.07) is 0. The highest BCUT2D eigenvalue weighted by Crippen LogP contribution is 2.12. The molecular weight excluding hydrogens is 130 g/mol. The van der Waals surface area contributed by atoms with Crippen LogP contribution < -0.4 is 0 Å². The number of hydrogen-bond donors (Lipinski definition) is 1. The van der Waals surface area contributed by atoms with E-state index in [1.807, 2.05) is 0 Å². The second-order valence-corrected chi connectivity index (χ2v) is 1.97. The quantitative estimate of drug-likeness (QED) is 0.633. The average molecular weight is 140 g/mol. The second kappa shape index (κ2) is 3.08. The summed E-state index contributed by atoms with van der Waals surface area (Å²) in [5, 5.41) is 8.46. The smallest absolute Gasteiger partial charge is 0.353 e. The highest BCUT2D eigenvalue weighted by atomic mass is 19.3. The molecule has 0 heterocycles. The molecule has 56 valence electrons. The second-order valence-electron chi connectivity index (χ2n) is 1.97. The van der Waals surface area contributed by atoms with Gasteiger partial charge >= 0.3 is 6.11 Å². The van der Waals surface area contributed by atoms with Crippen LogP contribution in [-0.4, -0.2) is 23.9 Å². The van der Waals surface area contributed by atoms with Crippen LogP contribution in [0.25, 0.3) is 0 Å². The van der Waals surface area contributed by atoms with Crippen molar-refractivity contribution in [1.29, 1.82) is 0 Å². The van der Waals surface area contributed by atoms with Crippen LogP contribution in [0.2, 0.25) is 0 Å². The van der Waals surface area contributed by atoms with Crippen LogP contribution in [0.3, 0.4) is 0 Å². The molecule has 1 N–H and O–H groups in total. The van der Waals surface area contributed by atoms with Gasteiger partial charge in [0.25, 0.3) is 0 Å². The Morgan fingerprint density at radius 2 is 2.11 bits per heavy atom. The van der Waals surface area contributed by atoms with E-state index >= 15 is 0 Å². The lowest BCUT2D eigenvalue weighted by Crippen LogP contribution is -2.21. The summed E-state index contributed by atoms with van der Waals surface area (Å²) in [5.74, 6) is 0. The van der Waals surface area contributed by atoms with Crippen LogP contribution in [0.15, 0.2) is 0 Å². The fraction of sp³-hybridized carbons (Fsp3) is 1.00. The number of hydrogen-bond acceptors (Lipinski definition) is 2. The molecule has 0 aliphatic heterocycles. The molecule has 9 heavy (non-hydrogen) atoms. The zero-order valence-corrected chi connectivity index (χ0v) is 5.40. The molecule has 1 atom stereocenters. The predicted molar refractivity (Wildman–Crippen MR) is 28.3 cm³/mol. The molecular formula is C5H10F2O2. The average Bonchev–Trinajstić information content (AvgIpc) is 1.59. The minimum Gasteiger partial charge on any atom is -0.391 e. The molecule has 0 fully saturated rings. The molecule has 0 amide bonds. The van der Waals surface area contributed by atoms with E-state index in [1.165, 1.54) is 6.92 Å². The van der Waals surface area contributed by atoms with Crippen molar-refractivity contribution in [3.05, 3.63) is 0 Å². The highest BCUT2D eigenvalue weighted by molar-refractivity contribution is 4.45. The lowest BCUT2D eigenvalue weighted by molar-refractivity contribution is -0.233. The topological polar surface area (TPSA) is 29.5 Å². The van der Waals surface area contributed by atoms with Crippen molar-refractivity contribution in [2.24, 2.45) is 0 Å². The van der Waals surface area contributed by atoms with Gasteiger partial charge in [0, 0.05) is 6.92 Å². The number of alkyl halides is 2. The van der Waals surface area contributed by atoms with Crippen LogP contribution >= 0.6 is 0 Å². The van der Waals surface area contributed by atoms with E-state index in [1.54, 1.807) is 0 Å². The van der Waals surface area contributed by atoms with Crippen LogP contribution in [-0.2, 0) is 4.74 Å². The molecule has 0 aromatic carbocycles. The Labute approximate surface area is 52.4 Å². The lowest BCUT2D eigenvalue weighted by atomic mass is 10.4. The first-order chi connectivity index (χ1) is 3.92. The first-order valence-corrected chi connectivity index (χ1v) is 2.61. The largest absolute Gasteiger partial charge is 0.391 e. The predicted octanol–water partition coefficient (Wildman–Crippen LogP) is 0.997. The van der Waals surface area contributed by atoms with Gasteiger partial charge in [-0.3, -0.25) is 0 Å². The van der Waals surface area contributed by atoms with Crippen molar-refractivity contribution in [3.63, 3.8) is 0 Å². The van der Waals surface area contributed by atoms with E-state index in [9.17, 15) is 8.78 Å². The minimum atomic E-state index is -3.13. The van der Waals surface area contributed by atoms with E-state index in [-0.39, 0.29) is 6.61 Å². The van der Waals surface area contributed by atoms with Crippen LogP contribution in [0.1, 0.15) is 13.8 Å². The van der Waals surface area contributed by atoms with Crippen molar-refractivity contribution in [2.45, 2.75) is 26.1 Å². The van der Waals surface area contributed by atoms with Crippen molar-refractivity contribution < 1.29 is 18.6 Å². The molecule has 0 rings (SSSR count). The third-order valence-electron chi connectivity index (χ3n) is 0.578. The molecule has 0 bridgehead atoms.